The molecule has 2 fully saturated rings. The number of aliphatic hydroxyl groups excluding tert-OH is 1. The molecule has 3 heteroatoms. The van der Waals surface area contributed by atoms with Gasteiger partial charge in [-0.1, -0.05) is 0 Å². The molecule has 1 aromatic carbocycles. The normalized spacial score (nSPS) is 36.2. The first kappa shape index (κ1) is 14.4. The van der Waals surface area contributed by atoms with Crippen molar-refractivity contribution in [2.45, 2.75) is 51.5 Å². The molecule has 110 valence electrons. The van der Waals surface area contributed by atoms with E-state index in [9.17, 15) is 8.94 Å². The second kappa shape index (κ2) is 4.76. The quantitative estimate of drug-likeness (QED) is 0.860. The third kappa shape index (κ3) is 1.94. The zero-order valence-electron chi connectivity index (χ0n) is 12.6. The van der Waals surface area contributed by atoms with Gasteiger partial charge in [0.1, 0.15) is 0 Å². The predicted molar refractivity (Wildman–Crippen MR) is 81.6 cm³/mol. The van der Waals surface area contributed by atoms with E-state index in [-0.39, 0.29) is 16.9 Å². The molecule has 3 rings (SSSR count). The fraction of sp³-hybridized carbons (Fsp3) is 0.647. The maximum atomic E-state index is 12.8. The van der Waals surface area contributed by atoms with Gasteiger partial charge < -0.3 is 0 Å². The van der Waals surface area contributed by atoms with Gasteiger partial charge in [-0.2, -0.15) is 0 Å². The summed E-state index contributed by atoms with van der Waals surface area (Å²) in [5.74, 6) is 0.606. The molecular formula is C17H24O2Se. The number of aliphatic hydroxyl groups is 1. The average Bonchev–Trinajstić information content (AvgIpc) is 2.73. The second-order valence-corrected chi connectivity index (χ2v) is 10.2. The molecule has 0 radical (unpaired) electrons. The molecule has 0 saturated heterocycles. The number of benzene rings is 1. The van der Waals surface area contributed by atoms with Crippen LogP contribution in [0.1, 0.15) is 38.7 Å². The molecule has 1 N–H and O–H groups in total. The van der Waals surface area contributed by atoms with Crippen LogP contribution >= 0.6 is 0 Å². The second-order valence-electron chi connectivity index (χ2n) is 7.17. The van der Waals surface area contributed by atoms with Crippen LogP contribution in [0.5, 0.6) is 0 Å². The van der Waals surface area contributed by atoms with Crippen molar-refractivity contribution in [3.05, 3.63) is 29.8 Å². The summed E-state index contributed by atoms with van der Waals surface area (Å²) in [5, 5.41) is 11.2. The fourth-order valence-electron chi connectivity index (χ4n) is 4.39. The van der Waals surface area contributed by atoms with Crippen molar-refractivity contribution in [3.63, 3.8) is 0 Å². The Morgan fingerprint density at radius 1 is 1.30 bits per heavy atom. The van der Waals surface area contributed by atoms with Gasteiger partial charge in [0.15, 0.2) is 0 Å². The van der Waals surface area contributed by atoms with Crippen molar-refractivity contribution in [2.24, 2.45) is 16.7 Å². The molecule has 0 spiro atoms. The van der Waals surface area contributed by atoms with Crippen LogP contribution in [0.25, 0.3) is 0 Å². The van der Waals surface area contributed by atoms with Crippen molar-refractivity contribution >= 4 is 18.3 Å². The first-order valence-corrected chi connectivity index (χ1v) is 10.3. The Morgan fingerprint density at radius 2 is 1.95 bits per heavy atom. The molecule has 20 heavy (non-hydrogen) atoms. The Kier molecular flexibility index (Phi) is 3.44. The Bertz CT molecular complexity index is 534. The van der Waals surface area contributed by atoms with Crippen LogP contribution in [-0.4, -0.2) is 25.0 Å². The zero-order chi connectivity index (χ0) is 14.5. The van der Waals surface area contributed by atoms with E-state index in [0.29, 0.717) is 11.2 Å². The van der Waals surface area contributed by atoms with Gasteiger partial charge >= 0.3 is 125 Å². The van der Waals surface area contributed by atoms with Gasteiger partial charge in [0, 0.05) is 0 Å². The van der Waals surface area contributed by atoms with Crippen LogP contribution in [-0.2, 0) is 3.83 Å². The summed E-state index contributed by atoms with van der Waals surface area (Å²) < 4.78 is 13.8. The minimum atomic E-state index is -2.07. The predicted octanol–water partition coefficient (Wildman–Crippen LogP) is 2.81. The molecule has 2 aliphatic carbocycles. The third-order valence-electron chi connectivity index (χ3n) is 6.06. The van der Waals surface area contributed by atoms with Crippen LogP contribution < -0.4 is 4.46 Å². The Balaban J connectivity index is 1.86. The van der Waals surface area contributed by atoms with E-state index >= 15 is 0 Å². The summed E-state index contributed by atoms with van der Waals surface area (Å²) in [4.78, 5) is 0. The van der Waals surface area contributed by atoms with Gasteiger partial charge in [0.25, 0.3) is 0 Å². The molecule has 0 amide bonds. The van der Waals surface area contributed by atoms with Gasteiger partial charge in [0.2, 0.25) is 0 Å². The van der Waals surface area contributed by atoms with Gasteiger partial charge in [-0.25, -0.2) is 0 Å². The Morgan fingerprint density at radius 3 is 2.45 bits per heavy atom. The van der Waals surface area contributed by atoms with E-state index in [2.05, 4.69) is 13.8 Å². The van der Waals surface area contributed by atoms with Gasteiger partial charge in [-0.05, 0) is 0 Å². The van der Waals surface area contributed by atoms with Crippen molar-refractivity contribution < 1.29 is 8.94 Å². The first-order valence-electron chi connectivity index (χ1n) is 7.50. The van der Waals surface area contributed by atoms with Crippen molar-refractivity contribution in [1.82, 2.24) is 0 Å². The van der Waals surface area contributed by atoms with Crippen molar-refractivity contribution in [3.8, 4) is 0 Å². The molecule has 2 bridgehead atoms. The van der Waals surface area contributed by atoms with Gasteiger partial charge in [-0.3, -0.25) is 0 Å². The van der Waals surface area contributed by atoms with Crippen LogP contribution in [0.2, 0.25) is 5.32 Å². The van der Waals surface area contributed by atoms with E-state index in [1.165, 1.54) is 12.0 Å². The average molecular weight is 339 g/mol. The van der Waals surface area contributed by atoms with E-state index < -0.39 is 13.8 Å². The number of fused-ring (bicyclic) bond motifs is 2. The minimum absolute atomic E-state index is 0.116. The van der Waals surface area contributed by atoms with E-state index in [4.69, 9.17) is 0 Å². The van der Waals surface area contributed by atoms with E-state index in [1.807, 2.05) is 31.2 Å². The summed E-state index contributed by atoms with van der Waals surface area (Å²) in [7, 11) is 0. The molecule has 2 saturated carbocycles. The van der Waals surface area contributed by atoms with Crippen LogP contribution in [0, 0.1) is 23.7 Å². The molecule has 0 aromatic heterocycles. The molecule has 1 aromatic rings. The summed E-state index contributed by atoms with van der Waals surface area (Å²) in [5.41, 5.74) is 1.21. The SMILES string of the molecule is Cc1ccc([Se](=O)C[C@]23CC[C@H](C[C@H]2O)C3(C)C)cc1. The summed E-state index contributed by atoms with van der Waals surface area (Å²) in [6.07, 6.45) is 2.87. The zero-order valence-corrected chi connectivity index (χ0v) is 14.3. The molecule has 0 heterocycles. The summed E-state index contributed by atoms with van der Waals surface area (Å²) >= 11 is -2.07. The van der Waals surface area contributed by atoms with Crippen LogP contribution in [0.15, 0.2) is 24.3 Å². The topological polar surface area (TPSA) is 37.3 Å². The molecular weight excluding hydrogens is 315 g/mol. The van der Waals surface area contributed by atoms with Crippen molar-refractivity contribution in [2.75, 3.05) is 0 Å². The fourth-order valence-corrected chi connectivity index (χ4v) is 8.13. The molecule has 1 unspecified atom stereocenters. The first-order chi connectivity index (χ1) is 9.37. The molecule has 4 atom stereocenters. The number of hydrogen-bond acceptors (Lipinski definition) is 2. The molecule has 0 aliphatic heterocycles. The van der Waals surface area contributed by atoms with E-state index in [0.717, 1.165) is 17.3 Å². The van der Waals surface area contributed by atoms with Gasteiger partial charge in [-0.15, -0.1) is 0 Å². The number of hydrogen-bond donors (Lipinski definition) is 1. The van der Waals surface area contributed by atoms with Crippen LogP contribution in [0.4, 0.5) is 0 Å². The molecule has 2 aliphatic rings. The van der Waals surface area contributed by atoms with Gasteiger partial charge in [0.05, 0.1) is 0 Å². The summed E-state index contributed by atoms with van der Waals surface area (Å²) in [6.45, 7) is 6.59. The monoisotopic (exact) mass is 340 g/mol. The van der Waals surface area contributed by atoms with E-state index in [1.54, 1.807) is 0 Å². The molecule has 2 nitrogen and oxygen atoms in total. The Hall–Kier alpha value is -0.501. The van der Waals surface area contributed by atoms with Crippen molar-refractivity contribution in [1.29, 1.82) is 0 Å². The maximum absolute atomic E-state index is 12.8. The van der Waals surface area contributed by atoms with Crippen LogP contribution in [0.3, 0.4) is 0 Å². The number of rotatable bonds is 3. The Labute approximate surface area is 125 Å². The third-order valence-corrected chi connectivity index (χ3v) is 9.37. The standard InChI is InChI=1S/C17H24O2Se/c1-12-4-6-14(7-5-12)20(19)11-17-9-8-13(10-15(17)18)16(17,2)3/h4-7,13,15,18H,8-11H2,1-3H3/t13-,15-,17-,20?/m1/s1. The summed E-state index contributed by atoms with van der Waals surface area (Å²) in [6, 6.07) is 8.08. The number of aryl methyl sites for hydroxylation is 1.